The van der Waals surface area contributed by atoms with E-state index in [0.29, 0.717) is 5.92 Å². The highest BCUT2D eigenvalue weighted by Crippen LogP contribution is 2.27. The standard InChI is InChI=1S/C12H16N2O2/c1-16-11-4-2-3-10(7-11)14-12(15)13-8-9-5-6-9/h2-4,7,9H,5-6,8H2,1H3,(H2,13,14,15). The minimum atomic E-state index is -0.153. The molecule has 2 rings (SSSR count). The minimum Gasteiger partial charge on any atom is -0.497 e. The van der Waals surface area contributed by atoms with Crippen LogP contribution in [0.25, 0.3) is 0 Å². The fourth-order valence-corrected chi connectivity index (χ4v) is 1.44. The lowest BCUT2D eigenvalue weighted by molar-refractivity contribution is 0.251. The van der Waals surface area contributed by atoms with Crippen LogP contribution in [0.3, 0.4) is 0 Å². The van der Waals surface area contributed by atoms with Crippen molar-refractivity contribution in [1.82, 2.24) is 5.32 Å². The summed E-state index contributed by atoms with van der Waals surface area (Å²) in [7, 11) is 1.60. The highest BCUT2D eigenvalue weighted by molar-refractivity contribution is 5.89. The summed E-state index contributed by atoms with van der Waals surface area (Å²) in [5.41, 5.74) is 0.743. The third-order valence-electron chi connectivity index (χ3n) is 2.58. The minimum absolute atomic E-state index is 0.153. The molecule has 2 amide bonds. The largest absolute Gasteiger partial charge is 0.497 e. The van der Waals surface area contributed by atoms with E-state index >= 15 is 0 Å². The van der Waals surface area contributed by atoms with Crippen LogP contribution in [0, 0.1) is 5.92 Å². The number of nitrogens with one attached hydrogen (secondary N) is 2. The van der Waals surface area contributed by atoms with Crippen molar-refractivity contribution < 1.29 is 9.53 Å². The molecule has 1 aliphatic rings. The number of rotatable bonds is 4. The summed E-state index contributed by atoms with van der Waals surface area (Å²) >= 11 is 0. The van der Waals surface area contributed by atoms with Crippen LogP contribution in [0.5, 0.6) is 5.75 Å². The second kappa shape index (κ2) is 4.88. The predicted molar refractivity (Wildman–Crippen MR) is 62.7 cm³/mol. The second-order valence-corrected chi connectivity index (χ2v) is 4.01. The summed E-state index contributed by atoms with van der Waals surface area (Å²) < 4.78 is 5.07. The van der Waals surface area contributed by atoms with Gasteiger partial charge in [-0.15, -0.1) is 0 Å². The Labute approximate surface area is 95.0 Å². The van der Waals surface area contributed by atoms with Gasteiger partial charge >= 0.3 is 6.03 Å². The summed E-state index contributed by atoms with van der Waals surface area (Å²) in [6.45, 7) is 0.774. The highest BCUT2D eigenvalue weighted by Gasteiger charge is 2.21. The molecule has 1 aromatic rings. The number of methoxy groups -OCH3 is 1. The number of hydrogen-bond acceptors (Lipinski definition) is 2. The van der Waals surface area contributed by atoms with Gasteiger partial charge in [0.2, 0.25) is 0 Å². The fourth-order valence-electron chi connectivity index (χ4n) is 1.44. The molecule has 16 heavy (non-hydrogen) atoms. The summed E-state index contributed by atoms with van der Waals surface area (Å²) in [5.74, 6) is 1.43. The summed E-state index contributed by atoms with van der Waals surface area (Å²) in [6.07, 6.45) is 2.47. The number of amides is 2. The molecule has 4 nitrogen and oxygen atoms in total. The van der Waals surface area contributed by atoms with Crippen LogP contribution in [-0.2, 0) is 0 Å². The number of carbonyl (C=O) groups excluding carboxylic acids is 1. The maximum absolute atomic E-state index is 11.5. The van der Waals surface area contributed by atoms with E-state index < -0.39 is 0 Å². The quantitative estimate of drug-likeness (QED) is 0.817. The van der Waals surface area contributed by atoms with Crippen molar-refractivity contribution in [2.24, 2.45) is 5.92 Å². The second-order valence-electron chi connectivity index (χ2n) is 4.01. The number of urea groups is 1. The van der Waals surface area contributed by atoms with Gasteiger partial charge in [0.1, 0.15) is 5.75 Å². The molecule has 0 saturated heterocycles. The molecule has 0 atom stereocenters. The Balaban J connectivity index is 1.83. The van der Waals surface area contributed by atoms with Gasteiger partial charge in [-0.05, 0) is 30.9 Å². The van der Waals surface area contributed by atoms with Crippen molar-refractivity contribution in [1.29, 1.82) is 0 Å². The first-order chi connectivity index (χ1) is 7.78. The van der Waals surface area contributed by atoms with Crippen LogP contribution in [-0.4, -0.2) is 19.7 Å². The summed E-state index contributed by atoms with van der Waals surface area (Å²) in [4.78, 5) is 11.5. The van der Waals surface area contributed by atoms with Crippen molar-refractivity contribution in [2.45, 2.75) is 12.8 Å². The van der Waals surface area contributed by atoms with Gasteiger partial charge in [0.25, 0.3) is 0 Å². The maximum Gasteiger partial charge on any atom is 0.319 e. The van der Waals surface area contributed by atoms with E-state index in [2.05, 4.69) is 10.6 Å². The third-order valence-corrected chi connectivity index (χ3v) is 2.58. The summed E-state index contributed by atoms with van der Waals surface area (Å²) in [6, 6.07) is 7.15. The van der Waals surface area contributed by atoms with Crippen LogP contribution >= 0.6 is 0 Å². The molecular formula is C12H16N2O2. The third kappa shape index (κ3) is 3.15. The fraction of sp³-hybridized carbons (Fsp3) is 0.417. The zero-order chi connectivity index (χ0) is 11.4. The lowest BCUT2D eigenvalue weighted by Crippen LogP contribution is -2.30. The molecule has 2 N–H and O–H groups in total. The smallest absolute Gasteiger partial charge is 0.319 e. The van der Waals surface area contributed by atoms with Gasteiger partial charge in [0.05, 0.1) is 7.11 Å². The van der Waals surface area contributed by atoms with Gasteiger partial charge in [-0.1, -0.05) is 6.07 Å². The van der Waals surface area contributed by atoms with Crippen LogP contribution in [0.15, 0.2) is 24.3 Å². The van der Waals surface area contributed by atoms with Crippen molar-refractivity contribution >= 4 is 11.7 Å². The molecule has 0 aliphatic heterocycles. The Hall–Kier alpha value is -1.71. The van der Waals surface area contributed by atoms with Gasteiger partial charge in [0, 0.05) is 18.3 Å². The molecule has 1 aromatic carbocycles. The molecule has 0 radical (unpaired) electrons. The van der Waals surface area contributed by atoms with E-state index in [1.165, 1.54) is 12.8 Å². The number of carbonyl (C=O) groups is 1. The first kappa shape index (κ1) is 10.8. The lowest BCUT2D eigenvalue weighted by Gasteiger charge is -2.08. The maximum atomic E-state index is 11.5. The zero-order valence-electron chi connectivity index (χ0n) is 9.32. The van der Waals surface area contributed by atoms with Gasteiger partial charge < -0.3 is 15.4 Å². The molecule has 0 heterocycles. The van der Waals surface area contributed by atoms with Crippen molar-refractivity contribution in [3.63, 3.8) is 0 Å². The Kier molecular flexibility index (Phi) is 3.29. The lowest BCUT2D eigenvalue weighted by atomic mass is 10.3. The molecule has 0 bridgehead atoms. The molecule has 4 heteroatoms. The summed E-state index contributed by atoms with van der Waals surface area (Å²) in [5, 5.41) is 5.61. The van der Waals surface area contributed by atoms with E-state index in [0.717, 1.165) is 18.0 Å². The number of ether oxygens (including phenoxy) is 1. The Morgan fingerprint density at radius 1 is 1.50 bits per heavy atom. The predicted octanol–water partition coefficient (Wildman–Crippen LogP) is 2.23. The molecule has 0 aromatic heterocycles. The Morgan fingerprint density at radius 2 is 2.31 bits per heavy atom. The Morgan fingerprint density at radius 3 is 3.00 bits per heavy atom. The van der Waals surface area contributed by atoms with Crippen LogP contribution in [0.4, 0.5) is 10.5 Å². The molecule has 1 aliphatic carbocycles. The molecule has 0 unspecified atom stereocenters. The van der Waals surface area contributed by atoms with E-state index in [4.69, 9.17) is 4.74 Å². The van der Waals surface area contributed by atoms with E-state index in [9.17, 15) is 4.79 Å². The molecular weight excluding hydrogens is 204 g/mol. The van der Waals surface area contributed by atoms with E-state index in [1.807, 2.05) is 18.2 Å². The number of anilines is 1. The van der Waals surface area contributed by atoms with Crippen molar-refractivity contribution in [2.75, 3.05) is 19.0 Å². The zero-order valence-corrected chi connectivity index (χ0v) is 9.32. The first-order valence-electron chi connectivity index (χ1n) is 5.47. The topological polar surface area (TPSA) is 50.4 Å². The van der Waals surface area contributed by atoms with Crippen molar-refractivity contribution in [3.05, 3.63) is 24.3 Å². The average molecular weight is 220 g/mol. The monoisotopic (exact) mass is 220 g/mol. The van der Waals surface area contributed by atoms with Crippen LogP contribution < -0.4 is 15.4 Å². The van der Waals surface area contributed by atoms with Crippen LogP contribution in [0.2, 0.25) is 0 Å². The Bertz CT molecular complexity index is 375. The van der Waals surface area contributed by atoms with Gasteiger partial charge in [0.15, 0.2) is 0 Å². The SMILES string of the molecule is COc1cccc(NC(=O)NCC2CC2)c1. The molecule has 1 saturated carbocycles. The van der Waals surface area contributed by atoms with Crippen molar-refractivity contribution in [3.8, 4) is 5.75 Å². The average Bonchev–Trinajstić information content (AvgIpc) is 3.10. The van der Waals surface area contributed by atoms with Gasteiger partial charge in [-0.2, -0.15) is 0 Å². The normalized spacial score (nSPS) is 14.3. The number of hydrogen-bond donors (Lipinski definition) is 2. The van der Waals surface area contributed by atoms with Gasteiger partial charge in [-0.25, -0.2) is 4.79 Å². The van der Waals surface area contributed by atoms with Gasteiger partial charge in [-0.3, -0.25) is 0 Å². The first-order valence-corrected chi connectivity index (χ1v) is 5.47. The van der Waals surface area contributed by atoms with E-state index in [1.54, 1.807) is 13.2 Å². The number of benzene rings is 1. The molecule has 86 valence electrons. The molecule has 1 fully saturated rings. The highest BCUT2D eigenvalue weighted by atomic mass is 16.5. The van der Waals surface area contributed by atoms with E-state index in [-0.39, 0.29) is 6.03 Å². The molecule has 0 spiro atoms. The van der Waals surface area contributed by atoms with Crippen LogP contribution in [0.1, 0.15) is 12.8 Å².